The zero-order chi connectivity index (χ0) is 14.7. The van der Waals surface area contributed by atoms with Crippen LogP contribution < -0.4 is 5.73 Å². The van der Waals surface area contributed by atoms with E-state index in [4.69, 9.17) is 21.9 Å². The van der Waals surface area contributed by atoms with Crippen LogP contribution in [0, 0.1) is 0 Å². The van der Waals surface area contributed by atoms with Gasteiger partial charge in [0.05, 0.1) is 16.3 Å². The molecule has 0 fully saturated rings. The predicted molar refractivity (Wildman–Crippen MR) is 83.0 cm³/mol. The van der Waals surface area contributed by atoms with E-state index in [1.54, 1.807) is 30.1 Å². The van der Waals surface area contributed by atoms with E-state index in [0.717, 1.165) is 10.5 Å². The molecule has 0 aliphatic rings. The van der Waals surface area contributed by atoms with E-state index in [-0.39, 0.29) is 0 Å². The third-order valence-electron chi connectivity index (χ3n) is 2.70. The molecule has 0 radical (unpaired) electrons. The van der Waals surface area contributed by atoms with Gasteiger partial charge in [0, 0.05) is 11.1 Å². The fourth-order valence-corrected chi connectivity index (χ4v) is 2.60. The zero-order valence-corrected chi connectivity index (χ0v) is 12.4. The summed E-state index contributed by atoms with van der Waals surface area (Å²) in [6.45, 7) is 0. The molecule has 2 N–H and O–H groups in total. The van der Waals surface area contributed by atoms with Crippen molar-refractivity contribution in [1.82, 2.24) is 15.1 Å². The summed E-state index contributed by atoms with van der Waals surface area (Å²) in [7, 11) is 0. The average molecular weight is 319 g/mol. The molecule has 0 atom stereocenters. The maximum absolute atomic E-state index is 6.10. The van der Waals surface area contributed by atoms with Crippen molar-refractivity contribution < 1.29 is 4.52 Å². The highest BCUT2D eigenvalue weighted by Crippen LogP contribution is 2.27. The molecule has 3 aromatic rings. The third-order valence-corrected chi connectivity index (χ3v) is 4.01. The number of thioether (sulfide) groups is 1. The van der Waals surface area contributed by atoms with Crippen LogP contribution in [0.15, 0.2) is 52.0 Å². The number of hydrogen-bond donors (Lipinski definition) is 1. The molecule has 0 amide bonds. The van der Waals surface area contributed by atoms with Gasteiger partial charge in [-0.3, -0.25) is 0 Å². The number of nitrogen functional groups attached to an aromatic ring is 1. The van der Waals surface area contributed by atoms with Gasteiger partial charge >= 0.3 is 0 Å². The van der Waals surface area contributed by atoms with Crippen LogP contribution in [0.5, 0.6) is 0 Å². The monoisotopic (exact) mass is 318 g/mol. The van der Waals surface area contributed by atoms with Gasteiger partial charge < -0.3 is 10.3 Å². The van der Waals surface area contributed by atoms with Crippen LogP contribution in [0.25, 0.3) is 11.5 Å². The standard InChI is InChI=1S/C14H11ClN4OS/c15-11-4-2-1-3-10(11)14-18-13(19-20-14)8-21-9-5-6-12(16)17-7-9/h1-7H,8H2,(H2,16,17). The van der Waals surface area contributed by atoms with Gasteiger partial charge in [-0.05, 0) is 24.3 Å². The highest BCUT2D eigenvalue weighted by atomic mass is 35.5. The summed E-state index contributed by atoms with van der Waals surface area (Å²) in [5.74, 6) is 2.11. The molecule has 21 heavy (non-hydrogen) atoms. The Kier molecular flexibility index (Phi) is 4.08. The summed E-state index contributed by atoms with van der Waals surface area (Å²) in [6, 6.07) is 11.0. The lowest BCUT2D eigenvalue weighted by Crippen LogP contribution is -1.89. The molecule has 2 aromatic heterocycles. The maximum Gasteiger partial charge on any atom is 0.259 e. The first-order valence-electron chi connectivity index (χ1n) is 6.14. The minimum Gasteiger partial charge on any atom is -0.384 e. The number of halogens is 1. The highest BCUT2D eigenvalue weighted by molar-refractivity contribution is 7.98. The van der Waals surface area contributed by atoms with Crippen molar-refractivity contribution in [2.24, 2.45) is 0 Å². The first-order valence-corrected chi connectivity index (χ1v) is 7.50. The second-order valence-electron chi connectivity index (χ2n) is 4.20. The lowest BCUT2D eigenvalue weighted by Gasteiger charge is -1.98. The molecule has 0 aliphatic carbocycles. The molecule has 0 bridgehead atoms. The Morgan fingerprint density at radius 2 is 2.05 bits per heavy atom. The van der Waals surface area contributed by atoms with Crippen LogP contribution in [0.4, 0.5) is 5.82 Å². The van der Waals surface area contributed by atoms with E-state index in [9.17, 15) is 0 Å². The van der Waals surface area contributed by atoms with Crippen molar-refractivity contribution >= 4 is 29.2 Å². The molecule has 0 aliphatic heterocycles. The summed E-state index contributed by atoms with van der Waals surface area (Å²) < 4.78 is 5.24. The molecule has 0 spiro atoms. The molecule has 1 aromatic carbocycles. The Morgan fingerprint density at radius 3 is 2.81 bits per heavy atom. The number of nitrogens with zero attached hydrogens (tertiary/aromatic N) is 3. The van der Waals surface area contributed by atoms with Gasteiger partial charge in [0.25, 0.3) is 5.89 Å². The Hall–Kier alpha value is -2.05. The molecule has 3 rings (SSSR count). The maximum atomic E-state index is 6.10. The van der Waals surface area contributed by atoms with Crippen molar-refractivity contribution in [2.45, 2.75) is 10.6 Å². The lowest BCUT2D eigenvalue weighted by atomic mass is 10.2. The molecule has 5 nitrogen and oxygen atoms in total. The molecular weight excluding hydrogens is 308 g/mol. The number of rotatable bonds is 4. The second kappa shape index (κ2) is 6.15. The molecule has 7 heteroatoms. The topological polar surface area (TPSA) is 77.8 Å². The van der Waals surface area contributed by atoms with Gasteiger partial charge in [-0.25, -0.2) is 4.98 Å². The van der Waals surface area contributed by atoms with Crippen molar-refractivity contribution in [2.75, 3.05) is 5.73 Å². The van der Waals surface area contributed by atoms with E-state index in [2.05, 4.69) is 15.1 Å². The van der Waals surface area contributed by atoms with Crippen LogP contribution in [0.3, 0.4) is 0 Å². The Balaban J connectivity index is 1.71. The van der Waals surface area contributed by atoms with Crippen LogP contribution >= 0.6 is 23.4 Å². The molecule has 106 valence electrons. The summed E-state index contributed by atoms with van der Waals surface area (Å²) in [6.07, 6.45) is 1.72. The van der Waals surface area contributed by atoms with Crippen molar-refractivity contribution in [1.29, 1.82) is 0 Å². The fraction of sp³-hybridized carbons (Fsp3) is 0.0714. The van der Waals surface area contributed by atoms with Gasteiger partial charge in [-0.2, -0.15) is 4.98 Å². The van der Waals surface area contributed by atoms with Gasteiger partial charge in [0.15, 0.2) is 5.82 Å². The Labute approximate surface area is 130 Å². The SMILES string of the molecule is Nc1ccc(SCc2noc(-c3ccccc3Cl)n2)cn1. The Morgan fingerprint density at radius 1 is 1.19 bits per heavy atom. The van der Waals surface area contributed by atoms with Crippen LogP contribution in [-0.4, -0.2) is 15.1 Å². The number of aromatic nitrogens is 3. The molecule has 0 saturated heterocycles. The van der Waals surface area contributed by atoms with E-state index < -0.39 is 0 Å². The zero-order valence-electron chi connectivity index (χ0n) is 10.9. The molecular formula is C14H11ClN4OS. The van der Waals surface area contributed by atoms with Gasteiger partial charge in [0.1, 0.15) is 5.82 Å². The second-order valence-corrected chi connectivity index (χ2v) is 5.66. The van der Waals surface area contributed by atoms with E-state index in [0.29, 0.717) is 28.3 Å². The summed E-state index contributed by atoms with van der Waals surface area (Å²) in [5.41, 5.74) is 6.28. The number of nitrogens with two attached hydrogens (primary N) is 1. The van der Waals surface area contributed by atoms with Crippen LogP contribution in [0.1, 0.15) is 5.82 Å². The number of anilines is 1. The first-order chi connectivity index (χ1) is 10.2. The third kappa shape index (κ3) is 3.34. The number of hydrogen-bond acceptors (Lipinski definition) is 6. The van der Waals surface area contributed by atoms with Crippen LogP contribution in [-0.2, 0) is 5.75 Å². The van der Waals surface area contributed by atoms with Crippen molar-refractivity contribution in [3.05, 3.63) is 53.4 Å². The number of benzene rings is 1. The minimum absolute atomic E-state index is 0.423. The summed E-state index contributed by atoms with van der Waals surface area (Å²) in [5, 5.41) is 4.54. The fourth-order valence-electron chi connectivity index (χ4n) is 1.68. The van der Waals surface area contributed by atoms with Crippen LogP contribution in [0.2, 0.25) is 5.02 Å². The summed E-state index contributed by atoms with van der Waals surface area (Å²) in [4.78, 5) is 9.37. The highest BCUT2D eigenvalue weighted by Gasteiger charge is 2.11. The largest absolute Gasteiger partial charge is 0.384 e. The van der Waals surface area contributed by atoms with Gasteiger partial charge in [0.2, 0.25) is 0 Å². The smallest absolute Gasteiger partial charge is 0.259 e. The predicted octanol–water partition coefficient (Wildman–Crippen LogP) is 3.66. The first kappa shape index (κ1) is 13.9. The molecule has 0 saturated carbocycles. The molecule has 2 heterocycles. The normalized spacial score (nSPS) is 10.7. The average Bonchev–Trinajstić information content (AvgIpc) is 2.96. The lowest BCUT2D eigenvalue weighted by molar-refractivity contribution is 0.425. The van der Waals surface area contributed by atoms with E-state index in [1.807, 2.05) is 24.3 Å². The van der Waals surface area contributed by atoms with Gasteiger partial charge in [-0.1, -0.05) is 28.9 Å². The van der Waals surface area contributed by atoms with E-state index >= 15 is 0 Å². The molecule has 0 unspecified atom stereocenters. The quantitative estimate of drug-likeness (QED) is 0.740. The van der Waals surface area contributed by atoms with Crippen molar-refractivity contribution in [3.8, 4) is 11.5 Å². The Bertz CT molecular complexity index is 745. The van der Waals surface area contributed by atoms with E-state index in [1.165, 1.54) is 0 Å². The van der Waals surface area contributed by atoms with Crippen molar-refractivity contribution in [3.63, 3.8) is 0 Å². The summed E-state index contributed by atoms with van der Waals surface area (Å²) >= 11 is 7.66. The number of pyridine rings is 1. The minimum atomic E-state index is 0.423. The van der Waals surface area contributed by atoms with Gasteiger partial charge in [-0.15, -0.1) is 11.8 Å².